The number of hydrogen-bond donors (Lipinski definition) is 2. The molecule has 16 heavy (non-hydrogen) atoms. The molecule has 5 heteroatoms. The molecule has 0 amide bonds. The molecule has 0 spiro atoms. The zero-order valence-electron chi connectivity index (χ0n) is 10.2. The highest BCUT2D eigenvalue weighted by atomic mass is 32.2. The summed E-state index contributed by atoms with van der Waals surface area (Å²) >= 11 is 1.79. The summed E-state index contributed by atoms with van der Waals surface area (Å²) in [5.41, 5.74) is 0. The van der Waals surface area contributed by atoms with Gasteiger partial charge < -0.3 is 15.0 Å². The lowest BCUT2D eigenvalue weighted by Crippen LogP contribution is -2.35. The van der Waals surface area contributed by atoms with Crippen molar-refractivity contribution in [3.8, 4) is 0 Å². The molecule has 0 aromatic carbocycles. The van der Waals surface area contributed by atoms with Crippen LogP contribution in [0.3, 0.4) is 0 Å². The Morgan fingerprint density at radius 3 is 2.88 bits per heavy atom. The molecule has 0 aliphatic carbocycles. The molecule has 1 aromatic rings. The minimum absolute atomic E-state index is 0.212. The van der Waals surface area contributed by atoms with Gasteiger partial charge in [-0.3, -0.25) is 0 Å². The smallest absolute Gasteiger partial charge is 0.125 e. The predicted molar refractivity (Wildman–Crippen MR) is 68.6 cm³/mol. The molecule has 0 aliphatic heterocycles. The monoisotopic (exact) mass is 243 g/mol. The van der Waals surface area contributed by atoms with Crippen molar-refractivity contribution in [2.24, 2.45) is 7.05 Å². The first-order chi connectivity index (χ1) is 7.69. The molecule has 2 unspecified atom stereocenters. The highest BCUT2D eigenvalue weighted by Gasteiger charge is 2.15. The Bertz CT molecular complexity index is 297. The Hall–Kier alpha value is -0.520. The van der Waals surface area contributed by atoms with Crippen molar-refractivity contribution in [2.75, 3.05) is 18.6 Å². The summed E-state index contributed by atoms with van der Waals surface area (Å²) in [6.45, 7) is 2.33. The second-order valence-electron chi connectivity index (χ2n) is 3.95. The van der Waals surface area contributed by atoms with Crippen LogP contribution >= 0.6 is 11.8 Å². The number of hydrogen-bond acceptors (Lipinski definition) is 4. The van der Waals surface area contributed by atoms with Crippen LogP contribution in [-0.2, 0) is 7.05 Å². The Kier molecular flexibility index (Phi) is 5.87. The van der Waals surface area contributed by atoms with Crippen LogP contribution in [0, 0.1) is 0 Å². The number of aliphatic hydroxyl groups is 1. The fourth-order valence-corrected chi connectivity index (χ4v) is 2.46. The normalized spacial score (nSPS) is 15.0. The van der Waals surface area contributed by atoms with Crippen molar-refractivity contribution in [2.45, 2.75) is 25.4 Å². The number of aryl methyl sites for hydroxylation is 1. The van der Waals surface area contributed by atoms with Gasteiger partial charge in [0.05, 0.1) is 6.04 Å². The molecule has 0 saturated carbocycles. The van der Waals surface area contributed by atoms with Gasteiger partial charge in [-0.15, -0.1) is 0 Å². The van der Waals surface area contributed by atoms with Crippen molar-refractivity contribution in [1.29, 1.82) is 0 Å². The van der Waals surface area contributed by atoms with Gasteiger partial charge in [0.2, 0.25) is 0 Å². The van der Waals surface area contributed by atoms with E-state index in [1.807, 2.05) is 24.0 Å². The molecule has 0 aliphatic rings. The van der Waals surface area contributed by atoms with E-state index in [-0.39, 0.29) is 12.6 Å². The van der Waals surface area contributed by atoms with E-state index >= 15 is 0 Å². The number of nitrogens with zero attached hydrogens (tertiary/aromatic N) is 2. The second-order valence-corrected chi connectivity index (χ2v) is 4.86. The number of rotatable bonds is 7. The number of aromatic nitrogens is 2. The number of thioether (sulfide) groups is 1. The summed E-state index contributed by atoms with van der Waals surface area (Å²) in [4.78, 5) is 4.32. The van der Waals surface area contributed by atoms with Gasteiger partial charge >= 0.3 is 0 Å². The van der Waals surface area contributed by atoms with E-state index in [4.69, 9.17) is 5.11 Å². The summed E-state index contributed by atoms with van der Waals surface area (Å²) in [7, 11) is 2.00. The standard InChI is InChI=1S/C11H21N3OS/c1-9(11-12-5-6-14(11)2)13-10(4-7-15)8-16-3/h5-6,9-10,13,15H,4,7-8H2,1-3H3. The van der Waals surface area contributed by atoms with Crippen LogP contribution < -0.4 is 5.32 Å². The summed E-state index contributed by atoms with van der Waals surface area (Å²) in [5, 5.41) is 12.5. The van der Waals surface area contributed by atoms with Gasteiger partial charge in [0, 0.05) is 37.8 Å². The van der Waals surface area contributed by atoms with Crippen LogP contribution in [0.4, 0.5) is 0 Å². The minimum atomic E-state index is 0.212. The second kappa shape index (κ2) is 6.93. The number of aliphatic hydroxyl groups excluding tert-OH is 1. The zero-order valence-corrected chi connectivity index (χ0v) is 11.0. The van der Waals surface area contributed by atoms with E-state index in [1.165, 1.54) is 0 Å². The van der Waals surface area contributed by atoms with Crippen molar-refractivity contribution in [3.63, 3.8) is 0 Å². The molecular formula is C11H21N3OS. The van der Waals surface area contributed by atoms with Gasteiger partial charge in [-0.05, 0) is 19.6 Å². The fourth-order valence-electron chi connectivity index (χ4n) is 1.79. The van der Waals surface area contributed by atoms with Gasteiger partial charge in [-0.1, -0.05) is 0 Å². The lowest BCUT2D eigenvalue weighted by atomic mass is 10.2. The fraction of sp³-hybridized carbons (Fsp3) is 0.727. The largest absolute Gasteiger partial charge is 0.396 e. The molecule has 2 N–H and O–H groups in total. The van der Waals surface area contributed by atoms with Gasteiger partial charge in [-0.2, -0.15) is 11.8 Å². The predicted octanol–water partition coefficient (Wildman–Crippen LogP) is 1.18. The third-order valence-corrected chi connectivity index (χ3v) is 3.31. The van der Waals surface area contributed by atoms with E-state index in [2.05, 4.69) is 23.5 Å². The number of imidazole rings is 1. The molecule has 0 bridgehead atoms. The Morgan fingerprint density at radius 2 is 2.38 bits per heavy atom. The summed E-state index contributed by atoms with van der Waals surface area (Å²) in [6.07, 6.45) is 6.62. The maximum atomic E-state index is 8.99. The highest BCUT2D eigenvalue weighted by Crippen LogP contribution is 2.12. The van der Waals surface area contributed by atoms with Crippen LogP contribution in [0.15, 0.2) is 12.4 Å². The quantitative estimate of drug-likeness (QED) is 0.755. The molecule has 1 aromatic heterocycles. The van der Waals surface area contributed by atoms with Gasteiger partial charge in [0.1, 0.15) is 5.82 Å². The summed E-state index contributed by atoms with van der Waals surface area (Å²) in [5.74, 6) is 2.04. The topological polar surface area (TPSA) is 50.1 Å². The lowest BCUT2D eigenvalue weighted by Gasteiger charge is -2.21. The van der Waals surface area contributed by atoms with Crippen molar-refractivity contribution in [3.05, 3.63) is 18.2 Å². The molecule has 1 heterocycles. The molecule has 1 rings (SSSR count). The highest BCUT2D eigenvalue weighted by molar-refractivity contribution is 7.98. The summed E-state index contributed by atoms with van der Waals surface area (Å²) < 4.78 is 2.02. The third kappa shape index (κ3) is 3.81. The maximum absolute atomic E-state index is 8.99. The average Bonchev–Trinajstić information content (AvgIpc) is 2.65. The van der Waals surface area contributed by atoms with Crippen LogP contribution in [0.1, 0.15) is 25.2 Å². The Labute approximate surface area is 101 Å². The first-order valence-corrected chi connectivity index (χ1v) is 6.91. The first kappa shape index (κ1) is 13.5. The van der Waals surface area contributed by atoms with E-state index < -0.39 is 0 Å². The Morgan fingerprint density at radius 1 is 1.62 bits per heavy atom. The minimum Gasteiger partial charge on any atom is -0.396 e. The van der Waals surface area contributed by atoms with E-state index in [1.54, 1.807) is 11.8 Å². The molecule has 0 fully saturated rings. The van der Waals surface area contributed by atoms with Crippen molar-refractivity contribution in [1.82, 2.24) is 14.9 Å². The lowest BCUT2D eigenvalue weighted by molar-refractivity contribution is 0.264. The van der Waals surface area contributed by atoms with Crippen molar-refractivity contribution >= 4 is 11.8 Å². The van der Waals surface area contributed by atoms with Gasteiger partial charge in [0.25, 0.3) is 0 Å². The molecule has 2 atom stereocenters. The van der Waals surface area contributed by atoms with Crippen LogP contribution in [0.25, 0.3) is 0 Å². The molecule has 92 valence electrons. The SMILES string of the molecule is CSCC(CCO)NC(C)c1nccn1C. The van der Waals surface area contributed by atoms with Gasteiger partial charge in [-0.25, -0.2) is 4.98 Å². The molecular weight excluding hydrogens is 222 g/mol. The first-order valence-electron chi connectivity index (χ1n) is 5.52. The van der Waals surface area contributed by atoms with Gasteiger partial charge in [0.15, 0.2) is 0 Å². The molecule has 0 saturated heterocycles. The van der Waals surface area contributed by atoms with Crippen LogP contribution in [-0.4, -0.2) is 39.3 Å². The van der Waals surface area contributed by atoms with Crippen LogP contribution in [0.2, 0.25) is 0 Å². The van der Waals surface area contributed by atoms with E-state index in [0.717, 1.165) is 18.0 Å². The zero-order chi connectivity index (χ0) is 12.0. The van der Waals surface area contributed by atoms with E-state index in [0.29, 0.717) is 6.04 Å². The van der Waals surface area contributed by atoms with E-state index in [9.17, 15) is 0 Å². The Balaban J connectivity index is 2.54. The molecule has 0 radical (unpaired) electrons. The number of nitrogens with one attached hydrogen (secondary N) is 1. The average molecular weight is 243 g/mol. The van der Waals surface area contributed by atoms with Crippen molar-refractivity contribution < 1.29 is 5.11 Å². The molecule has 4 nitrogen and oxygen atoms in total. The maximum Gasteiger partial charge on any atom is 0.125 e. The van der Waals surface area contributed by atoms with Crippen LogP contribution in [0.5, 0.6) is 0 Å². The summed E-state index contributed by atoms with van der Waals surface area (Å²) in [6, 6.07) is 0.551. The third-order valence-electron chi connectivity index (χ3n) is 2.58.